The van der Waals surface area contributed by atoms with Gasteiger partial charge in [-0.3, -0.25) is 19.3 Å². The van der Waals surface area contributed by atoms with Crippen molar-refractivity contribution in [3.63, 3.8) is 0 Å². The Balaban J connectivity index is 1.76. The number of carbonyl (C=O) groups is 3. The quantitative estimate of drug-likeness (QED) is 0.850. The first-order valence-corrected chi connectivity index (χ1v) is 8.44. The zero-order valence-electron chi connectivity index (χ0n) is 13.8. The number of benzene rings is 1. The van der Waals surface area contributed by atoms with Gasteiger partial charge >= 0.3 is 5.97 Å². The van der Waals surface area contributed by atoms with Crippen molar-refractivity contribution < 1.29 is 19.5 Å². The van der Waals surface area contributed by atoms with Crippen molar-refractivity contribution in [3.8, 4) is 0 Å². The number of aliphatic carboxylic acids is 1. The maximum atomic E-state index is 12.8. The Bertz CT molecular complexity index is 665. The minimum absolute atomic E-state index is 0.175. The lowest BCUT2D eigenvalue weighted by Gasteiger charge is -2.33. The van der Waals surface area contributed by atoms with Gasteiger partial charge < -0.3 is 5.11 Å². The van der Waals surface area contributed by atoms with E-state index in [2.05, 4.69) is 0 Å². The number of aryl methyl sites for hydroxylation is 1. The molecule has 0 bridgehead atoms. The average molecular weight is 330 g/mol. The first-order chi connectivity index (χ1) is 11.5. The predicted octanol–water partition coefficient (Wildman–Crippen LogP) is 1.68. The molecule has 1 atom stereocenters. The summed E-state index contributed by atoms with van der Waals surface area (Å²) in [5.41, 5.74) is 1.65. The first kappa shape index (κ1) is 16.6. The van der Waals surface area contributed by atoms with Gasteiger partial charge in [-0.2, -0.15) is 0 Å². The summed E-state index contributed by atoms with van der Waals surface area (Å²) in [6.45, 7) is 3.09. The molecule has 6 nitrogen and oxygen atoms in total. The largest absolute Gasteiger partial charge is 0.481 e. The van der Waals surface area contributed by atoms with Gasteiger partial charge in [0.2, 0.25) is 5.91 Å². The van der Waals surface area contributed by atoms with Crippen molar-refractivity contribution in [3.05, 3.63) is 29.8 Å². The topological polar surface area (TPSA) is 77.9 Å². The van der Waals surface area contributed by atoms with E-state index in [4.69, 9.17) is 5.11 Å². The second-order valence-corrected chi connectivity index (χ2v) is 6.42. The van der Waals surface area contributed by atoms with E-state index in [-0.39, 0.29) is 24.2 Å². The molecular formula is C18H22N2O4. The van der Waals surface area contributed by atoms with Crippen molar-refractivity contribution in [2.75, 3.05) is 18.0 Å². The second kappa shape index (κ2) is 6.73. The molecule has 6 heteroatoms. The van der Waals surface area contributed by atoms with Crippen molar-refractivity contribution in [1.29, 1.82) is 0 Å². The number of piperidine rings is 1. The van der Waals surface area contributed by atoms with Gasteiger partial charge in [0.15, 0.2) is 0 Å². The third-order valence-corrected chi connectivity index (χ3v) is 5.06. The van der Waals surface area contributed by atoms with E-state index in [0.717, 1.165) is 12.0 Å². The minimum Gasteiger partial charge on any atom is -0.481 e. The van der Waals surface area contributed by atoms with Crippen LogP contribution < -0.4 is 4.90 Å². The van der Waals surface area contributed by atoms with E-state index in [9.17, 15) is 14.4 Å². The minimum atomic E-state index is -0.776. The van der Waals surface area contributed by atoms with E-state index in [1.807, 2.05) is 36.1 Å². The van der Waals surface area contributed by atoms with Crippen molar-refractivity contribution in [1.82, 2.24) is 4.90 Å². The standard InChI is InChI=1S/C18H22N2O4/c1-2-12-5-3-4-6-14(12)20-16(21)11-15(17(20)22)19-9-7-13(8-10-19)18(23)24/h3-6,13,15H,2,7-11H2,1H3,(H,23,24)/t15-/m0/s1. The van der Waals surface area contributed by atoms with E-state index in [1.54, 1.807) is 0 Å². The molecule has 2 amide bonds. The van der Waals surface area contributed by atoms with Gasteiger partial charge in [0.05, 0.1) is 24.1 Å². The summed E-state index contributed by atoms with van der Waals surface area (Å²) >= 11 is 0. The number of likely N-dealkylation sites (tertiary alicyclic amines) is 1. The van der Waals surface area contributed by atoms with Crippen LogP contribution >= 0.6 is 0 Å². The Morgan fingerprint density at radius 2 is 1.88 bits per heavy atom. The number of carboxylic acid groups (broad SMARTS) is 1. The Hall–Kier alpha value is -2.21. The second-order valence-electron chi connectivity index (χ2n) is 6.42. The summed E-state index contributed by atoms with van der Waals surface area (Å²) in [5.74, 6) is -1.48. The molecule has 1 N–H and O–H groups in total. The van der Waals surface area contributed by atoms with Gasteiger partial charge in [0, 0.05) is 0 Å². The number of anilines is 1. The van der Waals surface area contributed by atoms with Crippen LogP contribution in [-0.4, -0.2) is 46.9 Å². The predicted molar refractivity (Wildman–Crippen MR) is 88.7 cm³/mol. The van der Waals surface area contributed by atoms with Crippen LogP contribution in [0.4, 0.5) is 5.69 Å². The number of hydrogen-bond acceptors (Lipinski definition) is 4. The summed E-state index contributed by atoms with van der Waals surface area (Å²) < 4.78 is 0. The Morgan fingerprint density at radius 3 is 2.50 bits per heavy atom. The van der Waals surface area contributed by atoms with E-state index in [0.29, 0.717) is 31.6 Å². The number of rotatable bonds is 4. The SMILES string of the molecule is CCc1ccccc1N1C(=O)C[C@H](N2CCC(C(=O)O)CC2)C1=O. The third-order valence-electron chi connectivity index (χ3n) is 5.06. The van der Waals surface area contributed by atoms with Crippen LogP contribution in [0.2, 0.25) is 0 Å². The van der Waals surface area contributed by atoms with E-state index < -0.39 is 12.0 Å². The highest BCUT2D eigenvalue weighted by Crippen LogP contribution is 2.30. The smallest absolute Gasteiger partial charge is 0.306 e. The number of carbonyl (C=O) groups excluding carboxylic acids is 2. The highest BCUT2D eigenvalue weighted by Gasteiger charge is 2.44. The van der Waals surface area contributed by atoms with Crippen LogP contribution in [0.3, 0.4) is 0 Å². The lowest BCUT2D eigenvalue weighted by Crippen LogP contribution is -2.46. The summed E-state index contributed by atoms with van der Waals surface area (Å²) in [4.78, 5) is 39.6. The summed E-state index contributed by atoms with van der Waals surface area (Å²) in [5, 5.41) is 9.08. The third kappa shape index (κ3) is 2.94. The molecule has 1 aromatic carbocycles. The fourth-order valence-corrected chi connectivity index (χ4v) is 3.64. The molecule has 3 rings (SSSR count). The van der Waals surface area contributed by atoms with Gasteiger partial charge in [-0.25, -0.2) is 4.90 Å². The van der Waals surface area contributed by atoms with E-state index >= 15 is 0 Å². The number of para-hydroxylation sites is 1. The molecule has 2 heterocycles. The Labute approximate surface area is 141 Å². The molecule has 2 aliphatic heterocycles. The molecule has 0 aliphatic carbocycles. The van der Waals surface area contributed by atoms with Crippen LogP contribution in [0.15, 0.2) is 24.3 Å². The highest BCUT2D eigenvalue weighted by atomic mass is 16.4. The van der Waals surface area contributed by atoms with Gasteiger partial charge in [-0.05, 0) is 44.0 Å². The van der Waals surface area contributed by atoms with Crippen LogP contribution in [0.5, 0.6) is 0 Å². The highest BCUT2D eigenvalue weighted by molar-refractivity contribution is 6.22. The lowest BCUT2D eigenvalue weighted by molar-refractivity contribution is -0.143. The first-order valence-electron chi connectivity index (χ1n) is 8.44. The maximum Gasteiger partial charge on any atom is 0.306 e. The molecule has 2 saturated heterocycles. The van der Waals surface area contributed by atoms with E-state index in [1.165, 1.54) is 4.90 Å². The van der Waals surface area contributed by atoms with Crippen LogP contribution in [-0.2, 0) is 20.8 Å². The van der Waals surface area contributed by atoms with Crippen molar-refractivity contribution >= 4 is 23.5 Å². The molecule has 2 aliphatic rings. The molecule has 2 fully saturated rings. The molecular weight excluding hydrogens is 308 g/mol. The summed E-state index contributed by atoms with van der Waals surface area (Å²) in [7, 11) is 0. The van der Waals surface area contributed by atoms with Gasteiger partial charge in [-0.1, -0.05) is 25.1 Å². The molecule has 0 aromatic heterocycles. The fourth-order valence-electron chi connectivity index (χ4n) is 3.64. The lowest BCUT2D eigenvalue weighted by atomic mass is 9.95. The molecule has 0 spiro atoms. The van der Waals surface area contributed by atoms with Crippen LogP contribution in [0, 0.1) is 5.92 Å². The monoisotopic (exact) mass is 330 g/mol. The molecule has 0 unspecified atom stereocenters. The fraction of sp³-hybridized carbons (Fsp3) is 0.500. The Kier molecular flexibility index (Phi) is 4.66. The number of amides is 2. The molecule has 0 saturated carbocycles. The van der Waals surface area contributed by atoms with Crippen LogP contribution in [0.25, 0.3) is 0 Å². The molecule has 1 aromatic rings. The molecule has 128 valence electrons. The molecule has 24 heavy (non-hydrogen) atoms. The zero-order valence-corrected chi connectivity index (χ0v) is 13.8. The maximum absolute atomic E-state index is 12.8. The number of nitrogens with zero attached hydrogens (tertiary/aromatic N) is 2. The van der Waals surface area contributed by atoms with Crippen molar-refractivity contribution in [2.45, 2.75) is 38.6 Å². The summed E-state index contributed by atoms with van der Waals surface area (Å²) in [6, 6.07) is 7.02. The van der Waals surface area contributed by atoms with Gasteiger partial charge in [-0.15, -0.1) is 0 Å². The van der Waals surface area contributed by atoms with Crippen molar-refractivity contribution in [2.24, 2.45) is 5.92 Å². The average Bonchev–Trinajstić information content (AvgIpc) is 2.89. The number of imide groups is 1. The number of hydrogen-bond donors (Lipinski definition) is 1. The Morgan fingerprint density at radius 1 is 1.21 bits per heavy atom. The number of carboxylic acids is 1. The molecule has 0 radical (unpaired) electrons. The summed E-state index contributed by atoms with van der Waals surface area (Å²) in [6.07, 6.45) is 1.98. The van der Waals surface area contributed by atoms with Crippen LogP contribution in [0.1, 0.15) is 31.7 Å². The van der Waals surface area contributed by atoms with Gasteiger partial charge in [0.1, 0.15) is 0 Å². The normalized spacial score (nSPS) is 23.0. The zero-order chi connectivity index (χ0) is 17.3. The van der Waals surface area contributed by atoms with Gasteiger partial charge in [0.25, 0.3) is 5.91 Å².